The van der Waals surface area contributed by atoms with Gasteiger partial charge in [-0.2, -0.15) is 0 Å². The van der Waals surface area contributed by atoms with Crippen LogP contribution in [0.15, 0.2) is 18.3 Å². The minimum absolute atomic E-state index is 0.0158. The number of fused-ring (bicyclic) bond motifs is 2. The van der Waals surface area contributed by atoms with Crippen LogP contribution in [0.3, 0.4) is 0 Å². The molecule has 0 aliphatic carbocycles. The van der Waals surface area contributed by atoms with Crippen molar-refractivity contribution in [2.45, 2.75) is 37.0 Å². The van der Waals surface area contributed by atoms with Crippen LogP contribution in [-0.2, 0) is 0 Å². The Bertz CT molecular complexity index is 367. The lowest BCUT2D eigenvalue weighted by Crippen LogP contribution is -2.29. The normalized spacial score (nSPS) is 38.5. The Hall–Kier alpha value is -0.670. The molecule has 3 heterocycles. The third-order valence-electron chi connectivity index (χ3n) is 3.48. The molecular weight excluding hydrogens is 215 g/mol. The minimum atomic E-state index is -0.704. The molecule has 1 aromatic heterocycles. The van der Waals surface area contributed by atoms with Crippen molar-refractivity contribution in [1.82, 2.24) is 10.3 Å². The molecule has 1 N–H and O–H groups in total. The molecule has 3 rings (SSSR count). The molecule has 0 amide bonds. The summed E-state index contributed by atoms with van der Waals surface area (Å²) in [6.07, 6.45) is 2.75. The van der Waals surface area contributed by atoms with Gasteiger partial charge in [-0.1, -0.05) is 17.7 Å². The zero-order chi connectivity index (χ0) is 10.4. The average molecular weight is 227 g/mol. The van der Waals surface area contributed by atoms with Gasteiger partial charge in [0.1, 0.15) is 11.3 Å². The highest BCUT2D eigenvalue weighted by Gasteiger charge is 2.46. The molecule has 2 nitrogen and oxygen atoms in total. The van der Waals surface area contributed by atoms with E-state index >= 15 is 0 Å². The summed E-state index contributed by atoms with van der Waals surface area (Å²) in [5, 5.41) is 3.80. The Kier molecular flexibility index (Phi) is 2.18. The van der Waals surface area contributed by atoms with Crippen LogP contribution in [0, 0.1) is 0 Å². The SMILES string of the molecule is F[C@@H]1C[C@@H]2CC(c3ccc(Cl)nc3)[C@H]1N2. The van der Waals surface area contributed by atoms with Crippen molar-refractivity contribution in [3.05, 3.63) is 29.0 Å². The van der Waals surface area contributed by atoms with Crippen molar-refractivity contribution in [2.24, 2.45) is 0 Å². The Morgan fingerprint density at radius 3 is 2.87 bits per heavy atom. The van der Waals surface area contributed by atoms with Crippen LogP contribution in [0.5, 0.6) is 0 Å². The molecular formula is C11H12ClFN2. The number of alkyl halides is 1. The number of aromatic nitrogens is 1. The third kappa shape index (κ3) is 1.54. The molecule has 1 unspecified atom stereocenters. The first kappa shape index (κ1) is 9.55. The van der Waals surface area contributed by atoms with Crippen LogP contribution in [0.4, 0.5) is 4.39 Å². The highest BCUT2D eigenvalue weighted by Crippen LogP contribution is 2.41. The molecule has 4 atom stereocenters. The van der Waals surface area contributed by atoms with Crippen LogP contribution in [0.2, 0.25) is 5.15 Å². The standard InChI is InChI=1S/C11H12ClFN2/c12-10-2-1-6(5-14-10)8-3-7-4-9(13)11(8)15-7/h1-2,5,7-9,11,15H,3-4H2/t7-,8?,9+,11+/m0/s1. The summed E-state index contributed by atoms with van der Waals surface area (Å²) in [4.78, 5) is 4.05. The Balaban J connectivity index is 1.86. The van der Waals surface area contributed by atoms with Gasteiger partial charge in [0.25, 0.3) is 0 Å². The Labute approximate surface area is 92.8 Å². The zero-order valence-electron chi connectivity index (χ0n) is 8.16. The number of nitrogens with one attached hydrogen (secondary N) is 1. The van der Waals surface area contributed by atoms with E-state index in [-0.39, 0.29) is 12.0 Å². The van der Waals surface area contributed by atoms with E-state index in [0.29, 0.717) is 17.6 Å². The van der Waals surface area contributed by atoms with Gasteiger partial charge in [0.05, 0.1) is 0 Å². The summed E-state index contributed by atoms with van der Waals surface area (Å²) in [6.45, 7) is 0. The molecule has 2 fully saturated rings. The van der Waals surface area contributed by atoms with E-state index in [9.17, 15) is 4.39 Å². The van der Waals surface area contributed by atoms with E-state index in [1.165, 1.54) is 0 Å². The van der Waals surface area contributed by atoms with Crippen LogP contribution >= 0.6 is 11.6 Å². The van der Waals surface area contributed by atoms with E-state index in [1.807, 2.05) is 6.07 Å². The molecule has 0 spiro atoms. The molecule has 2 aliphatic rings. The summed E-state index contributed by atoms with van der Waals surface area (Å²) in [7, 11) is 0. The van der Waals surface area contributed by atoms with Gasteiger partial charge in [-0.3, -0.25) is 0 Å². The molecule has 2 bridgehead atoms. The van der Waals surface area contributed by atoms with Gasteiger partial charge in [-0.05, 0) is 24.5 Å². The summed E-state index contributed by atoms with van der Waals surface area (Å²) in [5.41, 5.74) is 1.10. The number of hydrogen-bond acceptors (Lipinski definition) is 2. The second-order valence-electron chi connectivity index (χ2n) is 4.40. The number of rotatable bonds is 1. The Morgan fingerprint density at radius 1 is 1.40 bits per heavy atom. The fraction of sp³-hybridized carbons (Fsp3) is 0.545. The predicted molar refractivity (Wildman–Crippen MR) is 56.8 cm³/mol. The monoisotopic (exact) mass is 226 g/mol. The van der Waals surface area contributed by atoms with Crippen LogP contribution < -0.4 is 5.32 Å². The first-order chi connectivity index (χ1) is 7.24. The topological polar surface area (TPSA) is 24.9 Å². The number of hydrogen-bond donors (Lipinski definition) is 1. The number of pyridine rings is 1. The number of nitrogens with zero attached hydrogens (tertiary/aromatic N) is 1. The molecule has 0 aromatic carbocycles. The van der Waals surface area contributed by atoms with Crippen molar-refractivity contribution < 1.29 is 4.39 Å². The van der Waals surface area contributed by atoms with Crippen molar-refractivity contribution in [2.75, 3.05) is 0 Å². The lowest BCUT2D eigenvalue weighted by molar-refractivity contribution is 0.258. The Morgan fingerprint density at radius 2 is 2.27 bits per heavy atom. The molecule has 0 saturated carbocycles. The van der Waals surface area contributed by atoms with E-state index in [1.54, 1.807) is 12.3 Å². The molecule has 15 heavy (non-hydrogen) atoms. The van der Waals surface area contributed by atoms with Crippen molar-refractivity contribution in [3.63, 3.8) is 0 Å². The highest BCUT2D eigenvalue weighted by atomic mass is 35.5. The molecule has 2 saturated heterocycles. The first-order valence-electron chi connectivity index (χ1n) is 5.25. The van der Waals surface area contributed by atoms with Crippen molar-refractivity contribution in [1.29, 1.82) is 0 Å². The fourth-order valence-corrected chi connectivity index (χ4v) is 2.91. The van der Waals surface area contributed by atoms with Gasteiger partial charge >= 0.3 is 0 Å². The molecule has 1 aromatic rings. The third-order valence-corrected chi connectivity index (χ3v) is 3.70. The fourth-order valence-electron chi connectivity index (χ4n) is 2.80. The van der Waals surface area contributed by atoms with Gasteiger partial charge in [0.15, 0.2) is 0 Å². The molecule has 0 radical (unpaired) electrons. The second-order valence-corrected chi connectivity index (χ2v) is 4.78. The van der Waals surface area contributed by atoms with Crippen LogP contribution in [0.25, 0.3) is 0 Å². The minimum Gasteiger partial charge on any atom is -0.308 e. The maximum absolute atomic E-state index is 13.5. The first-order valence-corrected chi connectivity index (χ1v) is 5.63. The van der Waals surface area contributed by atoms with Gasteiger partial charge in [-0.15, -0.1) is 0 Å². The largest absolute Gasteiger partial charge is 0.308 e. The lowest BCUT2D eigenvalue weighted by atomic mass is 9.84. The van der Waals surface area contributed by atoms with Crippen molar-refractivity contribution in [3.8, 4) is 0 Å². The summed E-state index contributed by atoms with van der Waals surface area (Å²) in [6, 6.07) is 4.06. The van der Waals surface area contributed by atoms with Crippen LogP contribution in [0.1, 0.15) is 24.3 Å². The summed E-state index contributed by atoms with van der Waals surface area (Å²) >= 11 is 5.73. The molecule has 80 valence electrons. The maximum atomic E-state index is 13.5. The van der Waals surface area contributed by atoms with E-state index in [0.717, 1.165) is 12.0 Å². The summed E-state index contributed by atoms with van der Waals surface area (Å²) in [5.74, 6) is 0.267. The molecule has 4 heteroatoms. The van der Waals surface area contributed by atoms with Crippen molar-refractivity contribution >= 4 is 11.6 Å². The van der Waals surface area contributed by atoms with Crippen LogP contribution in [-0.4, -0.2) is 23.2 Å². The summed E-state index contributed by atoms with van der Waals surface area (Å²) < 4.78 is 13.5. The lowest BCUT2D eigenvalue weighted by Gasteiger charge is -2.23. The number of halogens is 2. The second kappa shape index (κ2) is 3.42. The quantitative estimate of drug-likeness (QED) is 0.744. The maximum Gasteiger partial charge on any atom is 0.129 e. The van der Waals surface area contributed by atoms with Gasteiger partial charge < -0.3 is 5.32 Å². The van der Waals surface area contributed by atoms with E-state index in [4.69, 9.17) is 11.6 Å². The zero-order valence-corrected chi connectivity index (χ0v) is 8.91. The van der Waals surface area contributed by atoms with Gasteiger partial charge in [0.2, 0.25) is 0 Å². The predicted octanol–water partition coefficient (Wildman–Crippen LogP) is 2.29. The van der Waals surface area contributed by atoms with Gasteiger partial charge in [-0.25, -0.2) is 9.37 Å². The van der Waals surface area contributed by atoms with E-state index < -0.39 is 6.17 Å². The van der Waals surface area contributed by atoms with E-state index in [2.05, 4.69) is 10.3 Å². The highest BCUT2D eigenvalue weighted by molar-refractivity contribution is 6.29. The smallest absolute Gasteiger partial charge is 0.129 e. The average Bonchev–Trinajstić information content (AvgIpc) is 2.77. The van der Waals surface area contributed by atoms with Gasteiger partial charge in [0, 0.05) is 24.2 Å². The molecule has 2 aliphatic heterocycles.